The van der Waals surface area contributed by atoms with Gasteiger partial charge in [-0.3, -0.25) is 18.7 Å². The van der Waals surface area contributed by atoms with Gasteiger partial charge in [-0.2, -0.15) is 16.8 Å². The van der Waals surface area contributed by atoms with Crippen molar-refractivity contribution < 1.29 is 50.5 Å². The first kappa shape index (κ1) is 35.6. The van der Waals surface area contributed by atoms with Crippen molar-refractivity contribution >= 4 is 60.9 Å². The number of anilines is 2. The van der Waals surface area contributed by atoms with Crippen LogP contribution in [-0.2, 0) is 20.2 Å². The molecule has 0 saturated carbocycles. The lowest BCUT2D eigenvalue weighted by atomic mass is 9.89. The van der Waals surface area contributed by atoms with E-state index in [-0.39, 0.29) is 56.2 Å². The van der Waals surface area contributed by atoms with Crippen LogP contribution in [0.15, 0.2) is 153 Å². The quantitative estimate of drug-likeness (QED) is 0.220. The van der Waals surface area contributed by atoms with Crippen LogP contribution in [0, 0.1) is 0 Å². The second-order valence-corrected chi connectivity index (χ2v) is 14.6. The molecule has 6 rings (SSSR count). The second kappa shape index (κ2) is 13.8. The van der Waals surface area contributed by atoms with E-state index < -0.39 is 60.1 Å². The Morgan fingerprint density at radius 2 is 1.04 bits per heavy atom. The molecule has 0 spiro atoms. The number of rotatable bonds is 6. The number of aliphatic hydroxyl groups is 2. The Morgan fingerprint density at radius 3 is 1.42 bits per heavy atom. The largest absolute Gasteiger partial charge is 0.508 e. The normalized spacial score (nSPS) is 21.0. The summed E-state index contributed by atoms with van der Waals surface area (Å²) in [4.78, 5) is 47.3. The number of nitrogens with zero attached hydrogens (tertiary/aromatic N) is 2. The molecule has 264 valence electrons. The standard InChI is InChI=1S/C35H26N4O11S2/c40-23-15-27-25(31(17-23)51(45,46)47)9-3-11-29(27)38-33(42)19-5-1-7-21(13-19)36-35(44)37-22-8-2-6-20(14-22)34(43)39-30-12-4-10-26-28(30)16-24(41)18-32(26)52(48,49)50/h1-18,31-32,40-41H,(H2,36,37,44)(H,45,46,47)(H,48,49,50). The number of benzene rings is 2. The van der Waals surface area contributed by atoms with Crippen molar-refractivity contribution in [1.29, 1.82) is 0 Å². The molecular formula is C35H26N4O11S2. The van der Waals surface area contributed by atoms with E-state index in [9.17, 15) is 50.5 Å². The molecule has 2 unspecified atom stereocenters. The number of hydrogen-bond acceptors (Lipinski definition) is 9. The molecule has 0 aromatic heterocycles. The Balaban J connectivity index is 1.14. The molecule has 0 fully saturated rings. The summed E-state index contributed by atoms with van der Waals surface area (Å²) in [5.41, 5.74) is 1.06. The third-order valence-corrected chi connectivity index (χ3v) is 9.96. The summed E-state index contributed by atoms with van der Waals surface area (Å²) in [6.07, 6.45) is 13.0. The Kier molecular flexibility index (Phi) is 9.44. The maximum atomic E-state index is 13.1. The number of urea groups is 1. The number of hydrogen-bond donors (Lipinski definition) is 6. The van der Waals surface area contributed by atoms with Gasteiger partial charge in [0.1, 0.15) is 22.0 Å². The number of amides is 4. The minimum absolute atomic E-state index is 0.0376. The van der Waals surface area contributed by atoms with Crippen molar-refractivity contribution in [1.82, 2.24) is 0 Å². The molecule has 15 nitrogen and oxygen atoms in total. The van der Waals surface area contributed by atoms with Gasteiger partial charge in [0, 0.05) is 33.6 Å². The maximum Gasteiger partial charge on any atom is 0.323 e. The first-order valence-corrected chi connectivity index (χ1v) is 18.1. The van der Waals surface area contributed by atoms with E-state index in [0.29, 0.717) is 0 Å². The van der Waals surface area contributed by atoms with Crippen LogP contribution in [0.4, 0.5) is 16.2 Å². The van der Waals surface area contributed by atoms with Crippen molar-refractivity contribution in [3.8, 4) is 0 Å². The van der Waals surface area contributed by atoms with Gasteiger partial charge in [-0.15, -0.1) is 0 Å². The highest BCUT2D eigenvalue weighted by Crippen LogP contribution is 2.33. The maximum absolute atomic E-state index is 13.1. The second-order valence-electron chi connectivity index (χ2n) is 11.5. The number of allylic oxidation sites excluding steroid dienone is 10. The minimum Gasteiger partial charge on any atom is -0.508 e. The predicted molar refractivity (Wildman–Crippen MR) is 192 cm³/mol. The van der Waals surface area contributed by atoms with Crippen LogP contribution in [0.25, 0.3) is 0 Å². The van der Waals surface area contributed by atoms with Gasteiger partial charge in [-0.05, 0) is 84.0 Å². The number of carbonyl (C=O) groups excluding carboxylic acids is 3. The van der Waals surface area contributed by atoms with E-state index in [1.54, 1.807) is 0 Å². The molecule has 52 heavy (non-hydrogen) atoms. The summed E-state index contributed by atoms with van der Waals surface area (Å²) in [5, 5.41) is 22.2. The summed E-state index contributed by atoms with van der Waals surface area (Å²) in [7, 11) is -9.25. The van der Waals surface area contributed by atoms with E-state index in [4.69, 9.17) is 0 Å². The highest BCUT2D eigenvalue weighted by atomic mass is 32.2. The van der Waals surface area contributed by atoms with Crippen molar-refractivity contribution in [2.75, 3.05) is 10.6 Å². The molecule has 2 aromatic rings. The number of fused-ring (bicyclic) bond motifs is 2. The van der Waals surface area contributed by atoms with Crippen molar-refractivity contribution in [3.05, 3.63) is 154 Å². The first-order chi connectivity index (χ1) is 24.6. The smallest absolute Gasteiger partial charge is 0.323 e. The van der Waals surface area contributed by atoms with Crippen molar-refractivity contribution in [2.24, 2.45) is 9.98 Å². The van der Waals surface area contributed by atoms with Gasteiger partial charge >= 0.3 is 6.03 Å². The lowest BCUT2D eigenvalue weighted by Crippen LogP contribution is -2.28. The van der Waals surface area contributed by atoms with Crippen LogP contribution in [0.3, 0.4) is 0 Å². The van der Waals surface area contributed by atoms with E-state index in [0.717, 1.165) is 12.2 Å². The minimum atomic E-state index is -4.62. The predicted octanol–water partition coefficient (Wildman–Crippen LogP) is 4.76. The van der Waals surface area contributed by atoms with Crippen molar-refractivity contribution in [3.63, 3.8) is 0 Å². The molecule has 0 aliphatic heterocycles. The van der Waals surface area contributed by atoms with Crippen LogP contribution >= 0.6 is 0 Å². The summed E-state index contributed by atoms with van der Waals surface area (Å²) >= 11 is 0. The molecular weight excluding hydrogens is 717 g/mol. The lowest BCUT2D eigenvalue weighted by Gasteiger charge is -2.23. The third kappa shape index (κ3) is 7.72. The van der Waals surface area contributed by atoms with Gasteiger partial charge in [-0.25, -0.2) is 14.8 Å². The Labute approximate surface area is 296 Å². The van der Waals surface area contributed by atoms with Crippen LogP contribution in [0.2, 0.25) is 0 Å². The van der Waals surface area contributed by atoms with Crippen LogP contribution in [-0.4, -0.2) is 75.9 Å². The first-order valence-electron chi connectivity index (χ1n) is 15.1. The van der Waals surface area contributed by atoms with Gasteiger partial charge in [0.15, 0.2) is 0 Å². The monoisotopic (exact) mass is 742 g/mol. The van der Waals surface area contributed by atoms with Gasteiger partial charge in [-0.1, -0.05) is 36.4 Å². The van der Waals surface area contributed by atoms with E-state index in [1.165, 1.54) is 97.1 Å². The summed E-state index contributed by atoms with van der Waals surface area (Å²) in [5.74, 6) is -2.38. The SMILES string of the molecule is O=C(Nc1cccc(C(=O)N=C2C=CC=C3C2=CC(O)=CC3S(=O)(=O)O)c1)Nc1cccc(C(=O)N=C2C=CC=C3C2=CC(O)=CC3S(=O)(=O)O)c1. The molecule has 2 aromatic carbocycles. The Morgan fingerprint density at radius 1 is 0.635 bits per heavy atom. The molecule has 4 amide bonds. The molecule has 0 bridgehead atoms. The zero-order valence-electron chi connectivity index (χ0n) is 26.4. The lowest BCUT2D eigenvalue weighted by molar-refractivity contribution is 0.0995. The summed E-state index contributed by atoms with van der Waals surface area (Å²) in [6, 6.07) is 10.8. The number of aliphatic hydroxyl groups excluding tert-OH is 2. The number of carbonyl (C=O) groups is 3. The van der Waals surface area contributed by atoms with Crippen molar-refractivity contribution in [2.45, 2.75) is 10.5 Å². The topological polar surface area (TPSA) is 249 Å². The van der Waals surface area contributed by atoms with Gasteiger partial charge in [0.25, 0.3) is 32.1 Å². The Bertz CT molecular complexity index is 2330. The average molecular weight is 743 g/mol. The molecule has 17 heteroatoms. The average Bonchev–Trinajstić information content (AvgIpc) is 3.07. The fourth-order valence-corrected chi connectivity index (χ4v) is 7.30. The van der Waals surface area contributed by atoms with Gasteiger partial charge in [0.05, 0.1) is 11.4 Å². The highest BCUT2D eigenvalue weighted by molar-refractivity contribution is 7.87. The molecule has 0 heterocycles. The summed E-state index contributed by atoms with van der Waals surface area (Å²) in [6.45, 7) is 0. The molecule has 4 aliphatic rings. The number of aliphatic imine (C=N–C) groups is 2. The highest BCUT2D eigenvalue weighted by Gasteiger charge is 2.34. The zero-order chi connectivity index (χ0) is 37.4. The van der Waals surface area contributed by atoms with E-state index in [2.05, 4.69) is 20.6 Å². The molecule has 6 N–H and O–H groups in total. The fourth-order valence-electron chi connectivity index (χ4n) is 5.62. The van der Waals surface area contributed by atoms with Crippen LogP contribution < -0.4 is 10.6 Å². The molecule has 0 saturated heterocycles. The van der Waals surface area contributed by atoms with Gasteiger partial charge < -0.3 is 20.8 Å². The van der Waals surface area contributed by atoms with Crippen LogP contribution in [0.1, 0.15) is 20.7 Å². The van der Waals surface area contributed by atoms with E-state index >= 15 is 0 Å². The third-order valence-electron chi connectivity index (χ3n) is 7.90. The molecule has 2 atom stereocenters. The van der Waals surface area contributed by atoms with Gasteiger partial charge in [0.2, 0.25) is 0 Å². The molecule has 0 radical (unpaired) electrons. The zero-order valence-corrected chi connectivity index (χ0v) is 28.0. The van der Waals surface area contributed by atoms with Crippen LogP contribution in [0.5, 0.6) is 0 Å². The fraction of sp³-hybridized carbons (Fsp3) is 0.0571. The summed E-state index contributed by atoms with van der Waals surface area (Å²) < 4.78 is 66.8. The number of nitrogens with one attached hydrogen (secondary N) is 2. The Hall–Kier alpha value is -6.27. The van der Waals surface area contributed by atoms with E-state index in [1.807, 2.05) is 0 Å². The molecule has 4 aliphatic carbocycles.